The maximum atomic E-state index is 12.3. The molecule has 0 saturated carbocycles. The Balaban J connectivity index is 1.61. The zero-order valence-corrected chi connectivity index (χ0v) is 13.5. The molecule has 0 unspecified atom stereocenters. The monoisotopic (exact) mass is 342 g/mol. The molecule has 1 saturated heterocycles. The van der Waals surface area contributed by atoms with Crippen molar-refractivity contribution in [3.8, 4) is 11.3 Å². The molecule has 1 fully saturated rings. The van der Waals surface area contributed by atoms with E-state index in [2.05, 4.69) is 20.5 Å². The van der Waals surface area contributed by atoms with Gasteiger partial charge in [-0.2, -0.15) is 5.10 Å². The van der Waals surface area contributed by atoms with Crippen molar-refractivity contribution in [2.45, 2.75) is 0 Å². The highest BCUT2D eigenvalue weighted by molar-refractivity contribution is 5.88. The Bertz CT molecular complexity index is 747. The number of aromatic nitrogens is 3. The van der Waals surface area contributed by atoms with Gasteiger partial charge >= 0.3 is 6.03 Å². The average molecular weight is 342 g/mol. The lowest BCUT2D eigenvalue weighted by Gasteiger charge is -2.34. The van der Waals surface area contributed by atoms with Crippen LogP contribution in [-0.2, 0) is 4.79 Å². The van der Waals surface area contributed by atoms with Gasteiger partial charge in [-0.1, -0.05) is 30.3 Å². The summed E-state index contributed by atoms with van der Waals surface area (Å²) in [6.07, 6.45) is 1.53. The van der Waals surface area contributed by atoms with E-state index in [9.17, 15) is 9.59 Å². The molecule has 2 heterocycles. The summed E-state index contributed by atoms with van der Waals surface area (Å²) in [5.41, 5.74) is 1.49. The molecule has 1 aliphatic rings. The lowest BCUT2D eigenvalue weighted by molar-refractivity contribution is -0.135. The second-order valence-corrected chi connectivity index (χ2v) is 5.49. The summed E-state index contributed by atoms with van der Waals surface area (Å²) in [5.74, 6) is -0.205. The van der Waals surface area contributed by atoms with Crippen LogP contribution in [0.15, 0.2) is 36.5 Å². The number of benzene rings is 1. The van der Waals surface area contributed by atoms with Gasteiger partial charge < -0.3 is 14.9 Å². The van der Waals surface area contributed by atoms with Gasteiger partial charge in [0, 0.05) is 31.7 Å². The number of nitrogens with one attached hydrogen (secondary N) is 1. The van der Waals surface area contributed by atoms with Crippen molar-refractivity contribution < 1.29 is 14.7 Å². The maximum absolute atomic E-state index is 12.3. The summed E-state index contributed by atoms with van der Waals surface area (Å²) in [6, 6.07) is 9.14. The number of hydrogen-bond acceptors (Lipinski definition) is 6. The van der Waals surface area contributed by atoms with E-state index in [0.717, 1.165) is 5.56 Å². The minimum Gasteiger partial charge on any atom is -0.387 e. The Hall–Kier alpha value is -3.07. The second-order valence-electron chi connectivity index (χ2n) is 5.49. The van der Waals surface area contributed by atoms with Crippen LogP contribution in [0.25, 0.3) is 11.3 Å². The Labute approximate surface area is 144 Å². The molecule has 1 aromatic carbocycles. The summed E-state index contributed by atoms with van der Waals surface area (Å²) in [6.45, 7) is 1.01. The zero-order valence-electron chi connectivity index (χ0n) is 13.5. The smallest absolute Gasteiger partial charge is 0.324 e. The molecule has 0 aliphatic carbocycles. The maximum Gasteiger partial charge on any atom is 0.324 e. The Morgan fingerprint density at radius 2 is 1.76 bits per heavy atom. The molecule has 9 heteroatoms. The molecular weight excluding hydrogens is 324 g/mol. The highest BCUT2D eigenvalue weighted by Crippen LogP contribution is 2.16. The van der Waals surface area contributed by atoms with Gasteiger partial charge in [0.2, 0.25) is 5.91 Å². The Kier molecular flexibility index (Phi) is 5.14. The molecule has 0 atom stereocenters. The van der Waals surface area contributed by atoms with Crippen LogP contribution in [0.1, 0.15) is 0 Å². The van der Waals surface area contributed by atoms with Crippen LogP contribution >= 0.6 is 0 Å². The fraction of sp³-hybridized carbons (Fsp3) is 0.312. The molecule has 2 aromatic rings. The third-order valence-corrected chi connectivity index (χ3v) is 3.90. The van der Waals surface area contributed by atoms with Gasteiger partial charge in [0.15, 0.2) is 0 Å². The SMILES string of the molecule is O=C(CO)N1CCN(C(=O)Nc2nncc(-c3ccccc3)n2)CC1. The number of carbonyl (C=O) groups is 2. The van der Waals surface area contributed by atoms with Crippen molar-refractivity contribution in [2.24, 2.45) is 0 Å². The first-order chi connectivity index (χ1) is 12.2. The predicted octanol–water partition coefficient (Wildman–Crippen LogP) is 0.207. The van der Waals surface area contributed by atoms with Gasteiger partial charge in [0.1, 0.15) is 6.61 Å². The number of anilines is 1. The number of aliphatic hydroxyl groups excluding tert-OH is 1. The van der Waals surface area contributed by atoms with Crippen molar-refractivity contribution in [1.29, 1.82) is 0 Å². The molecule has 1 aliphatic heterocycles. The van der Waals surface area contributed by atoms with Crippen molar-refractivity contribution in [2.75, 3.05) is 38.1 Å². The van der Waals surface area contributed by atoms with Crippen molar-refractivity contribution in [1.82, 2.24) is 25.0 Å². The molecule has 2 N–H and O–H groups in total. The quantitative estimate of drug-likeness (QED) is 0.825. The van der Waals surface area contributed by atoms with E-state index < -0.39 is 6.61 Å². The molecule has 0 spiro atoms. The third-order valence-electron chi connectivity index (χ3n) is 3.90. The summed E-state index contributed by atoms with van der Waals surface area (Å²) in [7, 11) is 0. The molecule has 9 nitrogen and oxygen atoms in total. The number of aliphatic hydroxyl groups is 1. The topological polar surface area (TPSA) is 112 Å². The summed E-state index contributed by atoms with van der Waals surface area (Å²) in [5, 5.41) is 19.2. The van der Waals surface area contributed by atoms with Crippen molar-refractivity contribution in [3.63, 3.8) is 0 Å². The first-order valence-electron chi connectivity index (χ1n) is 7.87. The zero-order chi connectivity index (χ0) is 17.6. The summed E-state index contributed by atoms with van der Waals surface area (Å²) in [4.78, 5) is 31.2. The molecular formula is C16H18N6O3. The number of amides is 3. The highest BCUT2D eigenvalue weighted by atomic mass is 16.3. The van der Waals surface area contributed by atoms with Crippen molar-refractivity contribution in [3.05, 3.63) is 36.5 Å². The number of rotatable bonds is 3. The van der Waals surface area contributed by atoms with Gasteiger partial charge in [-0.3, -0.25) is 10.1 Å². The number of carbonyl (C=O) groups excluding carboxylic acids is 2. The fourth-order valence-electron chi connectivity index (χ4n) is 2.54. The van der Waals surface area contributed by atoms with Crippen LogP contribution in [0, 0.1) is 0 Å². The minimum absolute atomic E-state index is 0.125. The number of piperazine rings is 1. The van der Waals surface area contributed by atoms with E-state index in [0.29, 0.717) is 31.9 Å². The Morgan fingerprint density at radius 3 is 2.44 bits per heavy atom. The molecule has 130 valence electrons. The second kappa shape index (κ2) is 7.67. The van der Waals surface area contributed by atoms with Gasteiger partial charge in [-0.25, -0.2) is 9.78 Å². The van der Waals surface area contributed by atoms with E-state index in [-0.39, 0.29) is 17.9 Å². The van der Waals surface area contributed by atoms with Crippen LogP contribution in [0.3, 0.4) is 0 Å². The van der Waals surface area contributed by atoms with E-state index in [4.69, 9.17) is 5.11 Å². The van der Waals surface area contributed by atoms with Crippen LogP contribution < -0.4 is 5.32 Å². The molecule has 0 bridgehead atoms. The molecule has 1 aromatic heterocycles. The number of hydrogen-bond donors (Lipinski definition) is 2. The fourth-order valence-corrected chi connectivity index (χ4v) is 2.54. The van der Waals surface area contributed by atoms with E-state index in [1.165, 1.54) is 11.1 Å². The van der Waals surface area contributed by atoms with Gasteiger partial charge in [0.25, 0.3) is 5.95 Å². The van der Waals surface area contributed by atoms with Crippen LogP contribution in [0.5, 0.6) is 0 Å². The first-order valence-corrected chi connectivity index (χ1v) is 7.87. The van der Waals surface area contributed by atoms with E-state index in [1.54, 1.807) is 4.90 Å². The summed E-state index contributed by atoms with van der Waals surface area (Å²) >= 11 is 0. The van der Waals surface area contributed by atoms with E-state index >= 15 is 0 Å². The van der Waals surface area contributed by atoms with Crippen molar-refractivity contribution >= 4 is 17.9 Å². The molecule has 3 rings (SSSR count). The van der Waals surface area contributed by atoms with Crippen LogP contribution in [0.2, 0.25) is 0 Å². The molecule has 0 radical (unpaired) electrons. The van der Waals surface area contributed by atoms with E-state index in [1.807, 2.05) is 30.3 Å². The lowest BCUT2D eigenvalue weighted by atomic mass is 10.2. The van der Waals surface area contributed by atoms with Crippen LogP contribution in [0.4, 0.5) is 10.7 Å². The largest absolute Gasteiger partial charge is 0.387 e. The molecule has 3 amide bonds. The third kappa shape index (κ3) is 4.07. The molecule has 25 heavy (non-hydrogen) atoms. The van der Waals surface area contributed by atoms with Gasteiger partial charge in [-0.05, 0) is 0 Å². The first kappa shape index (κ1) is 16.8. The normalized spacial score (nSPS) is 14.3. The summed E-state index contributed by atoms with van der Waals surface area (Å²) < 4.78 is 0. The standard InChI is InChI=1S/C16H18N6O3/c23-11-14(24)21-6-8-22(9-7-21)16(25)19-15-18-13(10-17-20-15)12-4-2-1-3-5-12/h1-5,10,23H,6-9,11H2,(H,18,19,20,25). The average Bonchev–Trinajstić information content (AvgIpc) is 2.68. The number of urea groups is 1. The minimum atomic E-state index is -0.516. The van der Waals surface area contributed by atoms with Gasteiger partial charge in [-0.15, -0.1) is 5.10 Å². The van der Waals surface area contributed by atoms with Crippen LogP contribution in [-0.4, -0.2) is 74.8 Å². The number of nitrogens with zero attached hydrogens (tertiary/aromatic N) is 5. The van der Waals surface area contributed by atoms with Gasteiger partial charge in [0.05, 0.1) is 11.9 Å². The lowest BCUT2D eigenvalue weighted by Crippen LogP contribution is -2.52. The predicted molar refractivity (Wildman–Crippen MR) is 89.5 cm³/mol. The highest BCUT2D eigenvalue weighted by Gasteiger charge is 2.24. The Morgan fingerprint density at radius 1 is 1.08 bits per heavy atom.